The monoisotopic (exact) mass is 193 g/mol. The molecule has 1 amide bonds. The maximum absolute atomic E-state index is 11.3. The van der Waals surface area contributed by atoms with Crippen molar-refractivity contribution in [2.75, 3.05) is 19.6 Å². The summed E-state index contributed by atoms with van der Waals surface area (Å²) in [6.45, 7) is 3.23. The van der Waals surface area contributed by atoms with E-state index in [1.165, 1.54) is 0 Å². The van der Waals surface area contributed by atoms with Crippen LogP contribution in [0.4, 0.5) is 0 Å². The molecule has 0 aliphatic carbocycles. The van der Waals surface area contributed by atoms with Crippen LogP contribution < -0.4 is 11.1 Å². The van der Waals surface area contributed by atoms with Crippen molar-refractivity contribution in [3.05, 3.63) is 11.8 Å². The molecule has 4 heteroatoms. The van der Waals surface area contributed by atoms with E-state index in [1.807, 2.05) is 0 Å². The van der Waals surface area contributed by atoms with Crippen LogP contribution in [0.5, 0.6) is 0 Å². The molecule has 0 radical (unpaired) electrons. The summed E-state index contributed by atoms with van der Waals surface area (Å²) in [6, 6.07) is 0. The van der Waals surface area contributed by atoms with Crippen molar-refractivity contribution >= 4 is 5.91 Å². The molecule has 3 saturated heterocycles. The van der Waals surface area contributed by atoms with Gasteiger partial charge in [-0.05, 0) is 31.8 Å². The average Bonchev–Trinajstić information content (AvgIpc) is 2.43. The minimum atomic E-state index is -0.215. The molecular formula is C10H15N3O. The molecule has 2 bridgehead atoms. The first kappa shape index (κ1) is 8.29. The third-order valence-corrected chi connectivity index (χ3v) is 3.91. The molecule has 1 atom stereocenters. The smallest absolute Gasteiger partial charge is 0.246 e. The lowest BCUT2D eigenvalue weighted by atomic mass is 9.72. The summed E-state index contributed by atoms with van der Waals surface area (Å²) in [4.78, 5) is 13.7. The third kappa shape index (κ3) is 0.892. The maximum atomic E-state index is 11.3. The van der Waals surface area contributed by atoms with Gasteiger partial charge in [-0.3, -0.25) is 4.79 Å². The van der Waals surface area contributed by atoms with Crippen LogP contribution in [0.3, 0.4) is 0 Å². The van der Waals surface area contributed by atoms with Crippen molar-refractivity contribution in [2.24, 2.45) is 11.7 Å². The topological polar surface area (TPSA) is 58.4 Å². The lowest BCUT2D eigenvalue weighted by Crippen LogP contribution is -2.66. The first-order valence-electron chi connectivity index (χ1n) is 5.23. The van der Waals surface area contributed by atoms with Crippen LogP contribution in [0, 0.1) is 5.92 Å². The van der Waals surface area contributed by atoms with Crippen molar-refractivity contribution < 1.29 is 4.79 Å². The third-order valence-electron chi connectivity index (χ3n) is 3.91. The van der Waals surface area contributed by atoms with Gasteiger partial charge in [0, 0.05) is 18.3 Å². The van der Waals surface area contributed by atoms with E-state index >= 15 is 0 Å². The number of fused-ring (bicyclic) bond motifs is 2. The molecular weight excluding hydrogens is 178 g/mol. The Morgan fingerprint density at radius 1 is 1.50 bits per heavy atom. The SMILES string of the molecule is NC1=CC(=O)NC12CN1CCC2CC1. The molecule has 4 rings (SSSR count). The summed E-state index contributed by atoms with van der Waals surface area (Å²) < 4.78 is 0. The van der Waals surface area contributed by atoms with E-state index in [0.29, 0.717) is 5.92 Å². The Bertz CT molecular complexity index is 317. The van der Waals surface area contributed by atoms with Crippen LogP contribution in [0.1, 0.15) is 12.8 Å². The van der Waals surface area contributed by atoms with Gasteiger partial charge in [0.25, 0.3) is 0 Å². The van der Waals surface area contributed by atoms with Gasteiger partial charge >= 0.3 is 0 Å². The number of nitrogens with two attached hydrogens (primary N) is 1. The van der Waals surface area contributed by atoms with Gasteiger partial charge in [-0.2, -0.15) is 0 Å². The Labute approximate surface area is 83.1 Å². The molecule has 3 N–H and O–H groups in total. The summed E-state index contributed by atoms with van der Waals surface area (Å²) in [6.07, 6.45) is 3.88. The number of carbonyl (C=O) groups is 1. The number of carbonyl (C=O) groups excluding carboxylic acids is 1. The first-order valence-corrected chi connectivity index (χ1v) is 5.23. The van der Waals surface area contributed by atoms with Crippen LogP contribution in [0.25, 0.3) is 0 Å². The Balaban J connectivity index is 1.98. The van der Waals surface area contributed by atoms with Gasteiger partial charge in [-0.25, -0.2) is 0 Å². The van der Waals surface area contributed by atoms with Gasteiger partial charge in [0.15, 0.2) is 0 Å². The second kappa shape index (κ2) is 2.51. The van der Waals surface area contributed by atoms with Crippen molar-refractivity contribution in [1.29, 1.82) is 0 Å². The van der Waals surface area contributed by atoms with Gasteiger partial charge < -0.3 is 16.0 Å². The van der Waals surface area contributed by atoms with Gasteiger partial charge in [-0.15, -0.1) is 0 Å². The Morgan fingerprint density at radius 2 is 2.21 bits per heavy atom. The second-order valence-electron chi connectivity index (χ2n) is 4.61. The van der Waals surface area contributed by atoms with Crippen LogP contribution in [-0.4, -0.2) is 36.0 Å². The summed E-state index contributed by atoms with van der Waals surface area (Å²) in [7, 11) is 0. The lowest BCUT2D eigenvalue weighted by Gasteiger charge is -2.51. The predicted molar refractivity (Wildman–Crippen MR) is 52.3 cm³/mol. The number of amides is 1. The molecule has 1 unspecified atom stereocenters. The molecule has 4 aliphatic heterocycles. The normalized spacial score (nSPS) is 45.4. The molecule has 14 heavy (non-hydrogen) atoms. The quantitative estimate of drug-likeness (QED) is 0.541. The summed E-state index contributed by atoms with van der Waals surface area (Å²) in [5.74, 6) is 0.534. The molecule has 4 nitrogen and oxygen atoms in total. The largest absolute Gasteiger partial charge is 0.400 e. The number of hydrogen-bond donors (Lipinski definition) is 2. The zero-order valence-corrected chi connectivity index (χ0v) is 8.12. The molecule has 3 fully saturated rings. The summed E-state index contributed by atoms with van der Waals surface area (Å²) in [5.41, 5.74) is 6.50. The summed E-state index contributed by atoms with van der Waals surface area (Å²) >= 11 is 0. The van der Waals surface area contributed by atoms with Crippen molar-refractivity contribution in [1.82, 2.24) is 10.2 Å². The Hall–Kier alpha value is -1.03. The van der Waals surface area contributed by atoms with Gasteiger partial charge in [0.2, 0.25) is 5.91 Å². The first-order chi connectivity index (χ1) is 6.71. The Kier molecular flexibility index (Phi) is 1.49. The zero-order valence-electron chi connectivity index (χ0n) is 8.12. The Morgan fingerprint density at radius 3 is 2.64 bits per heavy atom. The number of rotatable bonds is 0. The number of nitrogens with one attached hydrogen (secondary N) is 1. The number of hydrogen-bond acceptors (Lipinski definition) is 3. The molecule has 0 aromatic carbocycles. The molecule has 0 aromatic rings. The fourth-order valence-corrected chi connectivity index (χ4v) is 3.13. The van der Waals surface area contributed by atoms with Crippen molar-refractivity contribution in [3.63, 3.8) is 0 Å². The molecule has 0 saturated carbocycles. The highest BCUT2D eigenvalue weighted by Crippen LogP contribution is 2.40. The van der Waals surface area contributed by atoms with E-state index in [2.05, 4.69) is 10.2 Å². The molecule has 1 spiro atoms. The molecule has 4 heterocycles. The fourth-order valence-electron chi connectivity index (χ4n) is 3.13. The van der Waals surface area contributed by atoms with E-state index in [9.17, 15) is 4.79 Å². The van der Waals surface area contributed by atoms with Crippen LogP contribution in [0.2, 0.25) is 0 Å². The van der Waals surface area contributed by atoms with E-state index < -0.39 is 0 Å². The van der Waals surface area contributed by atoms with Gasteiger partial charge in [0.05, 0.1) is 5.54 Å². The highest BCUT2D eigenvalue weighted by Gasteiger charge is 2.51. The second-order valence-corrected chi connectivity index (χ2v) is 4.61. The maximum Gasteiger partial charge on any atom is 0.246 e. The van der Waals surface area contributed by atoms with Gasteiger partial charge in [-0.1, -0.05) is 0 Å². The van der Waals surface area contributed by atoms with E-state index in [1.54, 1.807) is 6.08 Å². The van der Waals surface area contributed by atoms with Crippen LogP contribution in [0.15, 0.2) is 11.8 Å². The van der Waals surface area contributed by atoms with Crippen LogP contribution in [-0.2, 0) is 4.79 Å². The minimum absolute atomic E-state index is 0.0174. The highest BCUT2D eigenvalue weighted by molar-refractivity contribution is 5.92. The van der Waals surface area contributed by atoms with Gasteiger partial charge in [0.1, 0.15) is 0 Å². The number of nitrogens with zero attached hydrogens (tertiary/aromatic N) is 1. The lowest BCUT2D eigenvalue weighted by molar-refractivity contribution is -0.118. The molecule has 4 aliphatic rings. The predicted octanol–water partition coefficient (Wildman–Crippen LogP) is -0.577. The fraction of sp³-hybridized carbons (Fsp3) is 0.700. The molecule has 0 aromatic heterocycles. The van der Waals surface area contributed by atoms with E-state index in [0.717, 1.165) is 38.2 Å². The summed E-state index contributed by atoms with van der Waals surface area (Å²) in [5, 5.41) is 3.05. The minimum Gasteiger partial charge on any atom is -0.400 e. The average molecular weight is 193 g/mol. The van der Waals surface area contributed by atoms with Crippen LogP contribution >= 0.6 is 0 Å². The zero-order chi connectivity index (χ0) is 9.76. The highest BCUT2D eigenvalue weighted by atomic mass is 16.1. The van der Waals surface area contributed by atoms with E-state index in [-0.39, 0.29) is 11.4 Å². The van der Waals surface area contributed by atoms with Crippen molar-refractivity contribution in [2.45, 2.75) is 18.4 Å². The number of piperidine rings is 3. The van der Waals surface area contributed by atoms with E-state index in [4.69, 9.17) is 5.73 Å². The van der Waals surface area contributed by atoms with Crippen molar-refractivity contribution in [3.8, 4) is 0 Å². The molecule has 76 valence electrons. The standard InChI is InChI=1S/C10H15N3O/c11-8-5-9(14)12-10(8)6-13-3-1-7(10)2-4-13/h5,7H,1-4,6,11H2,(H,12,14).